The predicted octanol–water partition coefficient (Wildman–Crippen LogP) is 0.198. The van der Waals surface area contributed by atoms with Gasteiger partial charge in [0.05, 0.1) is 13.0 Å². The first-order valence-electron chi connectivity index (χ1n) is 4.99. The first-order valence-corrected chi connectivity index (χ1v) is 4.99. The van der Waals surface area contributed by atoms with Gasteiger partial charge < -0.3 is 10.8 Å². The lowest BCUT2D eigenvalue weighted by atomic mass is 10.2. The first kappa shape index (κ1) is 13.9. The molecule has 0 saturated heterocycles. The molecule has 0 aromatic carbocycles. The summed E-state index contributed by atoms with van der Waals surface area (Å²) in [6.45, 7) is 0.432. The van der Waals surface area contributed by atoms with Crippen LogP contribution in [0, 0.1) is 0 Å². The van der Waals surface area contributed by atoms with Crippen LogP contribution in [0.3, 0.4) is 0 Å². The highest BCUT2D eigenvalue weighted by atomic mass is 16.5. The zero-order valence-corrected chi connectivity index (χ0v) is 8.69. The number of aliphatic carboxylic acids is 1. The van der Waals surface area contributed by atoms with Crippen LogP contribution in [-0.4, -0.2) is 40.3 Å². The second-order valence-electron chi connectivity index (χ2n) is 3.26. The van der Waals surface area contributed by atoms with Crippen molar-refractivity contribution in [2.24, 2.45) is 5.73 Å². The number of carboxylic acid groups (broad SMARTS) is 1. The molecule has 0 aliphatic carbocycles. The van der Waals surface area contributed by atoms with Gasteiger partial charge in [-0.25, -0.2) is 5.06 Å². The average molecular weight is 218 g/mol. The molecule has 0 rings (SSSR count). The third-order valence-corrected chi connectivity index (χ3v) is 1.92. The number of hydrogen-bond donors (Lipinski definition) is 3. The van der Waals surface area contributed by atoms with Crippen LogP contribution in [-0.2, 0) is 9.59 Å². The number of nitrogens with zero attached hydrogens (tertiary/aromatic N) is 1. The van der Waals surface area contributed by atoms with Gasteiger partial charge in [0.25, 0.3) is 0 Å². The molecule has 0 aromatic heterocycles. The lowest BCUT2D eigenvalue weighted by molar-refractivity contribution is -0.167. The Morgan fingerprint density at radius 3 is 2.33 bits per heavy atom. The van der Waals surface area contributed by atoms with E-state index in [9.17, 15) is 9.59 Å². The number of nitrogens with two attached hydrogens (primary N) is 1. The van der Waals surface area contributed by atoms with E-state index in [0.29, 0.717) is 18.0 Å². The van der Waals surface area contributed by atoms with E-state index in [2.05, 4.69) is 0 Å². The summed E-state index contributed by atoms with van der Waals surface area (Å²) in [5, 5.41) is 17.9. The fraction of sp³-hybridized carbons (Fsp3) is 0.778. The molecule has 0 aromatic rings. The van der Waals surface area contributed by atoms with Crippen molar-refractivity contribution in [3.63, 3.8) is 0 Å². The largest absolute Gasteiger partial charge is 0.481 e. The van der Waals surface area contributed by atoms with Crippen LogP contribution in [0.2, 0.25) is 0 Å². The summed E-state index contributed by atoms with van der Waals surface area (Å²) in [7, 11) is 0. The van der Waals surface area contributed by atoms with E-state index >= 15 is 0 Å². The summed E-state index contributed by atoms with van der Waals surface area (Å²) >= 11 is 0. The van der Waals surface area contributed by atoms with Gasteiger partial charge in [0.2, 0.25) is 5.91 Å². The van der Waals surface area contributed by atoms with Gasteiger partial charge in [-0.2, -0.15) is 0 Å². The lowest BCUT2D eigenvalue weighted by Crippen LogP contribution is -2.29. The van der Waals surface area contributed by atoms with E-state index in [0.717, 1.165) is 12.8 Å². The number of carbonyl (C=O) groups is 2. The maximum Gasteiger partial charge on any atom is 0.305 e. The Morgan fingerprint density at radius 1 is 1.13 bits per heavy atom. The van der Waals surface area contributed by atoms with Crippen molar-refractivity contribution in [1.82, 2.24) is 5.06 Å². The minimum atomic E-state index is -1.04. The number of unbranched alkanes of at least 4 members (excludes halogenated alkanes) is 2. The molecule has 0 heterocycles. The van der Waals surface area contributed by atoms with Crippen LogP contribution in [0.25, 0.3) is 0 Å². The van der Waals surface area contributed by atoms with E-state index in [1.807, 2.05) is 0 Å². The van der Waals surface area contributed by atoms with E-state index in [1.54, 1.807) is 0 Å². The third-order valence-electron chi connectivity index (χ3n) is 1.92. The van der Waals surface area contributed by atoms with Crippen molar-refractivity contribution >= 4 is 11.9 Å². The minimum absolute atomic E-state index is 0.162. The Balaban J connectivity index is 3.55. The van der Waals surface area contributed by atoms with E-state index in [-0.39, 0.29) is 19.4 Å². The van der Waals surface area contributed by atoms with E-state index < -0.39 is 11.9 Å². The summed E-state index contributed by atoms with van der Waals surface area (Å²) in [6, 6.07) is 0. The Bertz CT molecular complexity index is 208. The molecule has 1 amide bonds. The smallest absolute Gasteiger partial charge is 0.305 e. The van der Waals surface area contributed by atoms with Gasteiger partial charge in [-0.3, -0.25) is 14.8 Å². The molecule has 0 bridgehead atoms. The number of carbonyl (C=O) groups excluding carboxylic acids is 1. The van der Waals surface area contributed by atoms with Crippen molar-refractivity contribution < 1.29 is 19.9 Å². The molecule has 4 N–H and O–H groups in total. The molecular formula is C9H18N2O4. The lowest BCUT2D eigenvalue weighted by Gasteiger charge is -2.13. The molecule has 6 heteroatoms. The normalized spacial score (nSPS) is 10.0. The number of hydroxylamine groups is 2. The van der Waals surface area contributed by atoms with Crippen molar-refractivity contribution in [2.75, 3.05) is 13.1 Å². The molecule has 15 heavy (non-hydrogen) atoms. The summed E-state index contributed by atoms with van der Waals surface area (Å²) in [5.41, 5.74) is 5.28. The Labute approximate surface area is 88.6 Å². The van der Waals surface area contributed by atoms with E-state index in [1.165, 1.54) is 0 Å². The second-order valence-corrected chi connectivity index (χ2v) is 3.26. The van der Waals surface area contributed by atoms with Gasteiger partial charge in [-0.15, -0.1) is 0 Å². The van der Waals surface area contributed by atoms with Crippen molar-refractivity contribution in [3.05, 3.63) is 0 Å². The first-order chi connectivity index (χ1) is 7.07. The Morgan fingerprint density at radius 2 is 1.80 bits per heavy atom. The highest BCUT2D eigenvalue weighted by Gasteiger charge is 2.11. The Kier molecular flexibility index (Phi) is 7.57. The monoisotopic (exact) mass is 218 g/mol. The molecular weight excluding hydrogens is 200 g/mol. The molecule has 0 atom stereocenters. The highest BCUT2D eigenvalue weighted by molar-refractivity contribution is 5.75. The third kappa shape index (κ3) is 7.90. The number of carboxylic acids is 1. The van der Waals surface area contributed by atoms with Gasteiger partial charge in [-0.1, -0.05) is 6.42 Å². The van der Waals surface area contributed by atoms with Gasteiger partial charge in [0.1, 0.15) is 0 Å². The second kappa shape index (κ2) is 8.19. The summed E-state index contributed by atoms with van der Waals surface area (Å²) in [6.07, 6.45) is 2.35. The standard InChI is InChI=1S/C9H18N2O4/c10-6-3-1-2-4-8(12)11(15)7-5-9(13)14/h15H,1-7,10H2,(H,13,14). The summed E-state index contributed by atoms with van der Waals surface area (Å²) in [5.74, 6) is -1.47. The average Bonchev–Trinajstić information content (AvgIpc) is 2.20. The van der Waals surface area contributed by atoms with Crippen LogP contribution in [0.1, 0.15) is 32.1 Å². The quantitative estimate of drug-likeness (QED) is 0.306. The fourth-order valence-electron chi connectivity index (χ4n) is 1.05. The number of amides is 1. The van der Waals surface area contributed by atoms with Crippen LogP contribution in [0.4, 0.5) is 0 Å². The molecule has 88 valence electrons. The molecule has 0 fully saturated rings. The number of rotatable bonds is 8. The maximum atomic E-state index is 11.2. The van der Waals surface area contributed by atoms with Gasteiger partial charge >= 0.3 is 5.97 Å². The van der Waals surface area contributed by atoms with E-state index in [4.69, 9.17) is 16.0 Å². The molecule has 0 unspecified atom stereocenters. The maximum absolute atomic E-state index is 11.2. The summed E-state index contributed by atoms with van der Waals surface area (Å²) < 4.78 is 0. The van der Waals surface area contributed by atoms with Crippen molar-refractivity contribution in [3.8, 4) is 0 Å². The van der Waals surface area contributed by atoms with Gasteiger partial charge in [0.15, 0.2) is 0 Å². The molecule has 0 radical (unpaired) electrons. The topological polar surface area (TPSA) is 104 Å². The van der Waals surface area contributed by atoms with Gasteiger partial charge in [0, 0.05) is 6.42 Å². The van der Waals surface area contributed by atoms with Gasteiger partial charge in [-0.05, 0) is 19.4 Å². The number of hydrogen-bond acceptors (Lipinski definition) is 4. The van der Waals surface area contributed by atoms with Crippen molar-refractivity contribution in [2.45, 2.75) is 32.1 Å². The molecule has 6 nitrogen and oxygen atoms in total. The van der Waals surface area contributed by atoms with Crippen LogP contribution < -0.4 is 5.73 Å². The molecule has 0 spiro atoms. The van der Waals surface area contributed by atoms with Crippen LogP contribution in [0.5, 0.6) is 0 Å². The zero-order valence-electron chi connectivity index (χ0n) is 8.69. The highest BCUT2D eigenvalue weighted by Crippen LogP contribution is 2.02. The SMILES string of the molecule is NCCCCCC(=O)N(O)CCC(=O)O. The van der Waals surface area contributed by atoms with Crippen molar-refractivity contribution in [1.29, 1.82) is 0 Å². The zero-order chi connectivity index (χ0) is 11.7. The summed E-state index contributed by atoms with van der Waals surface area (Å²) in [4.78, 5) is 21.3. The Hall–Kier alpha value is -1.14. The van der Waals surface area contributed by atoms with Crippen LogP contribution in [0.15, 0.2) is 0 Å². The minimum Gasteiger partial charge on any atom is -0.481 e. The molecule has 0 aliphatic heterocycles. The molecule has 0 saturated carbocycles. The van der Waals surface area contributed by atoms with Crippen LogP contribution >= 0.6 is 0 Å². The molecule has 0 aliphatic rings. The fourth-order valence-corrected chi connectivity index (χ4v) is 1.05. The predicted molar refractivity (Wildman–Crippen MR) is 53.3 cm³/mol.